The van der Waals surface area contributed by atoms with E-state index in [1.807, 2.05) is 12.1 Å². The number of carbonyl (C=O) groups is 2. The molecule has 0 spiro atoms. The molecule has 0 unspecified atom stereocenters. The molecule has 1 aromatic rings. The number of carboxylic acid groups (broad SMARTS) is 1. The summed E-state index contributed by atoms with van der Waals surface area (Å²) < 4.78 is 0. The maximum atomic E-state index is 11.6. The first kappa shape index (κ1) is 14.1. The Labute approximate surface area is 104 Å². The summed E-state index contributed by atoms with van der Waals surface area (Å²) >= 11 is 0. The fourth-order valence-electron chi connectivity index (χ4n) is 1.53. The number of aliphatic hydroxyl groups is 1. The largest absolute Gasteiger partial charge is 0.480 e. The fourth-order valence-corrected chi connectivity index (χ4v) is 1.53. The summed E-state index contributed by atoms with van der Waals surface area (Å²) in [5, 5.41) is 19.7. The highest BCUT2D eigenvalue weighted by molar-refractivity contribution is 5.85. The van der Waals surface area contributed by atoms with Gasteiger partial charge in [-0.25, -0.2) is 4.79 Å². The Kier molecular flexibility index (Phi) is 5.29. The van der Waals surface area contributed by atoms with E-state index in [9.17, 15) is 9.59 Å². The summed E-state index contributed by atoms with van der Waals surface area (Å²) in [4.78, 5) is 22.3. The molecule has 1 amide bonds. The number of carboxylic acids is 1. The predicted molar refractivity (Wildman–Crippen MR) is 64.7 cm³/mol. The molecule has 0 fully saturated rings. The zero-order chi connectivity index (χ0) is 13.5. The highest BCUT2D eigenvalue weighted by Crippen LogP contribution is 2.08. The van der Waals surface area contributed by atoms with Crippen LogP contribution in [-0.2, 0) is 22.6 Å². The van der Waals surface area contributed by atoms with Crippen LogP contribution in [0.1, 0.15) is 11.1 Å². The van der Waals surface area contributed by atoms with Gasteiger partial charge in [-0.3, -0.25) is 4.79 Å². The minimum absolute atomic E-state index is 0.0388. The standard InChI is InChI=1S/C12H16N2O4/c13-6-9-4-2-1-3-8(9)5-11(16)14-10(7-15)12(17)18/h1-4,10,15H,5-7,13H2,(H,14,16)(H,17,18)/t10-/m1/s1. The lowest BCUT2D eigenvalue weighted by atomic mass is 10.0. The molecule has 0 aromatic heterocycles. The molecule has 6 nitrogen and oxygen atoms in total. The Morgan fingerprint density at radius 3 is 2.39 bits per heavy atom. The second kappa shape index (κ2) is 6.73. The number of hydrogen-bond acceptors (Lipinski definition) is 4. The van der Waals surface area contributed by atoms with Crippen LogP contribution in [0, 0.1) is 0 Å². The summed E-state index contributed by atoms with van der Waals surface area (Å²) in [6.45, 7) is -0.328. The Morgan fingerprint density at radius 2 is 1.89 bits per heavy atom. The second-order valence-electron chi connectivity index (χ2n) is 3.79. The van der Waals surface area contributed by atoms with E-state index in [1.165, 1.54) is 0 Å². The van der Waals surface area contributed by atoms with Crippen molar-refractivity contribution in [2.45, 2.75) is 19.0 Å². The summed E-state index contributed by atoms with van der Waals surface area (Å²) in [5.74, 6) is -1.73. The number of benzene rings is 1. The molecule has 0 saturated carbocycles. The van der Waals surface area contributed by atoms with Gasteiger partial charge in [0, 0.05) is 6.54 Å². The number of nitrogens with one attached hydrogen (secondary N) is 1. The Morgan fingerprint density at radius 1 is 1.28 bits per heavy atom. The Bertz CT molecular complexity index is 434. The molecule has 5 N–H and O–H groups in total. The van der Waals surface area contributed by atoms with E-state index < -0.39 is 24.5 Å². The summed E-state index contributed by atoms with van der Waals surface area (Å²) in [5.41, 5.74) is 7.12. The molecule has 0 aliphatic heterocycles. The summed E-state index contributed by atoms with van der Waals surface area (Å²) in [7, 11) is 0. The first-order chi connectivity index (χ1) is 8.58. The van der Waals surface area contributed by atoms with Crippen molar-refractivity contribution in [1.82, 2.24) is 5.32 Å². The molecule has 0 heterocycles. The number of hydrogen-bond donors (Lipinski definition) is 4. The molecule has 0 saturated heterocycles. The van der Waals surface area contributed by atoms with Crippen molar-refractivity contribution >= 4 is 11.9 Å². The van der Waals surface area contributed by atoms with E-state index in [1.54, 1.807) is 12.1 Å². The van der Waals surface area contributed by atoms with Gasteiger partial charge in [-0.1, -0.05) is 24.3 Å². The van der Waals surface area contributed by atoms with Crippen LogP contribution >= 0.6 is 0 Å². The molecule has 1 atom stereocenters. The van der Waals surface area contributed by atoms with Gasteiger partial charge in [0.05, 0.1) is 13.0 Å². The number of carbonyl (C=O) groups excluding carboxylic acids is 1. The van der Waals surface area contributed by atoms with E-state index in [-0.39, 0.29) is 6.42 Å². The topological polar surface area (TPSA) is 113 Å². The SMILES string of the molecule is NCc1ccccc1CC(=O)N[C@H](CO)C(=O)O. The molecule has 18 heavy (non-hydrogen) atoms. The van der Waals surface area contributed by atoms with E-state index >= 15 is 0 Å². The third-order valence-corrected chi connectivity index (χ3v) is 2.51. The maximum absolute atomic E-state index is 11.6. The van der Waals surface area contributed by atoms with Crippen LogP contribution in [0.5, 0.6) is 0 Å². The van der Waals surface area contributed by atoms with Crippen molar-refractivity contribution in [2.24, 2.45) is 5.73 Å². The highest BCUT2D eigenvalue weighted by atomic mass is 16.4. The molecule has 6 heteroatoms. The molecule has 0 radical (unpaired) electrons. The zero-order valence-corrected chi connectivity index (χ0v) is 9.80. The number of aliphatic carboxylic acids is 1. The smallest absolute Gasteiger partial charge is 0.328 e. The van der Waals surface area contributed by atoms with Gasteiger partial charge in [-0.05, 0) is 11.1 Å². The van der Waals surface area contributed by atoms with Gasteiger partial charge in [-0.2, -0.15) is 0 Å². The average molecular weight is 252 g/mol. The van der Waals surface area contributed by atoms with Gasteiger partial charge >= 0.3 is 5.97 Å². The highest BCUT2D eigenvalue weighted by Gasteiger charge is 2.19. The Hall–Kier alpha value is -1.92. The van der Waals surface area contributed by atoms with Crippen molar-refractivity contribution in [3.05, 3.63) is 35.4 Å². The minimum Gasteiger partial charge on any atom is -0.480 e. The summed E-state index contributed by atoms with van der Waals surface area (Å²) in [6.07, 6.45) is 0.0388. The van der Waals surface area contributed by atoms with Crippen LogP contribution in [0.3, 0.4) is 0 Å². The minimum atomic E-state index is -1.28. The molecule has 98 valence electrons. The molecule has 1 aromatic carbocycles. The van der Waals surface area contributed by atoms with Crippen LogP contribution in [-0.4, -0.2) is 34.7 Å². The van der Waals surface area contributed by atoms with Crippen molar-refractivity contribution in [1.29, 1.82) is 0 Å². The zero-order valence-electron chi connectivity index (χ0n) is 9.80. The second-order valence-corrected chi connectivity index (χ2v) is 3.79. The fraction of sp³-hybridized carbons (Fsp3) is 0.333. The van der Waals surface area contributed by atoms with E-state index in [0.717, 1.165) is 11.1 Å². The van der Waals surface area contributed by atoms with Crippen molar-refractivity contribution in [2.75, 3.05) is 6.61 Å². The van der Waals surface area contributed by atoms with Crippen LogP contribution in [0.25, 0.3) is 0 Å². The van der Waals surface area contributed by atoms with Gasteiger partial charge in [-0.15, -0.1) is 0 Å². The van der Waals surface area contributed by atoms with E-state index in [0.29, 0.717) is 6.54 Å². The van der Waals surface area contributed by atoms with Crippen LogP contribution in [0.15, 0.2) is 24.3 Å². The molecule has 1 rings (SSSR count). The summed E-state index contributed by atoms with van der Waals surface area (Å²) in [6, 6.07) is 5.89. The third kappa shape index (κ3) is 3.83. The predicted octanol–water partition coefficient (Wildman–Crippen LogP) is -0.751. The van der Waals surface area contributed by atoms with Gasteiger partial charge in [0.2, 0.25) is 5.91 Å². The average Bonchev–Trinajstić information content (AvgIpc) is 2.36. The van der Waals surface area contributed by atoms with E-state index in [4.69, 9.17) is 15.9 Å². The normalized spacial score (nSPS) is 11.9. The molecule has 0 aliphatic rings. The van der Waals surface area contributed by atoms with E-state index in [2.05, 4.69) is 5.32 Å². The van der Waals surface area contributed by atoms with Crippen LogP contribution in [0.4, 0.5) is 0 Å². The number of aliphatic hydroxyl groups excluding tert-OH is 1. The molecule has 0 bridgehead atoms. The van der Waals surface area contributed by atoms with Gasteiger partial charge < -0.3 is 21.3 Å². The van der Waals surface area contributed by atoms with Crippen LogP contribution < -0.4 is 11.1 Å². The number of amides is 1. The molecular weight excluding hydrogens is 236 g/mol. The van der Waals surface area contributed by atoms with Crippen molar-refractivity contribution in [3.63, 3.8) is 0 Å². The van der Waals surface area contributed by atoms with Crippen molar-refractivity contribution in [3.8, 4) is 0 Å². The van der Waals surface area contributed by atoms with Gasteiger partial charge in [0.15, 0.2) is 0 Å². The lowest BCUT2D eigenvalue weighted by Gasteiger charge is -2.12. The van der Waals surface area contributed by atoms with Crippen molar-refractivity contribution < 1.29 is 19.8 Å². The third-order valence-electron chi connectivity index (χ3n) is 2.51. The van der Waals surface area contributed by atoms with Gasteiger partial charge in [0.25, 0.3) is 0 Å². The number of rotatable bonds is 6. The lowest BCUT2D eigenvalue weighted by Crippen LogP contribution is -2.44. The first-order valence-electron chi connectivity index (χ1n) is 5.48. The maximum Gasteiger partial charge on any atom is 0.328 e. The van der Waals surface area contributed by atoms with Crippen LogP contribution in [0.2, 0.25) is 0 Å². The lowest BCUT2D eigenvalue weighted by molar-refractivity contribution is -0.142. The monoisotopic (exact) mass is 252 g/mol. The quantitative estimate of drug-likeness (QED) is 0.532. The Balaban J connectivity index is 2.67. The first-order valence-corrected chi connectivity index (χ1v) is 5.48. The number of nitrogens with two attached hydrogens (primary N) is 1. The van der Waals surface area contributed by atoms with Gasteiger partial charge in [0.1, 0.15) is 6.04 Å². The molecule has 0 aliphatic carbocycles. The molecular formula is C12H16N2O4.